The van der Waals surface area contributed by atoms with Crippen molar-refractivity contribution in [2.75, 3.05) is 20.0 Å². The lowest BCUT2D eigenvalue weighted by molar-refractivity contribution is 0.355. The van der Waals surface area contributed by atoms with Gasteiger partial charge in [0, 0.05) is 23.5 Å². The van der Waals surface area contributed by atoms with Crippen LogP contribution in [-0.4, -0.2) is 28.8 Å². The van der Waals surface area contributed by atoms with E-state index in [2.05, 4.69) is 10.2 Å². The van der Waals surface area contributed by atoms with Gasteiger partial charge in [-0.05, 0) is 18.2 Å². The van der Waals surface area contributed by atoms with E-state index in [0.717, 1.165) is 11.2 Å². The molecule has 0 aliphatic rings. The van der Waals surface area contributed by atoms with Crippen LogP contribution in [0.15, 0.2) is 36.5 Å². The standard InChI is InChI=1S/C14H14N4O2/c1-19-11-7-9(10(15)8-12(11)20-2)14-17-16-13-5-3-4-6-18(13)14/h3-8H,15H2,1-2H3. The molecule has 6 heteroatoms. The fourth-order valence-electron chi connectivity index (χ4n) is 2.11. The molecule has 20 heavy (non-hydrogen) atoms. The van der Waals surface area contributed by atoms with E-state index in [4.69, 9.17) is 15.2 Å². The minimum absolute atomic E-state index is 0.556. The number of nitrogens with two attached hydrogens (primary N) is 1. The average Bonchev–Trinajstić information content (AvgIpc) is 2.90. The highest BCUT2D eigenvalue weighted by Gasteiger charge is 2.15. The molecule has 2 heterocycles. The average molecular weight is 270 g/mol. The lowest BCUT2D eigenvalue weighted by Gasteiger charge is -2.11. The molecule has 3 rings (SSSR count). The van der Waals surface area contributed by atoms with E-state index >= 15 is 0 Å². The third kappa shape index (κ3) is 1.82. The fraction of sp³-hybridized carbons (Fsp3) is 0.143. The normalized spacial score (nSPS) is 10.7. The molecular formula is C14H14N4O2. The summed E-state index contributed by atoms with van der Waals surface area (Å²) in [5.74, 6) is 1.85. The lowest BCUT2D eigenvalue weighted by atomic mass is 10.1. The van der Waals surface area contributed by atoms with Gasteiger partial charge in [0.1, 0.15) is 0 Å². The van der Waals surface area contributed by atoms with Crippen LogP contribution in [0.2, 0.25) is 0 Å². The number of benzene rings is 1. The smallest absolute Gasteiger partial charge is 0.170 e. The molecule has 6 nitrogen and oxygen atoms in total. The summed E-state index contributed by atoms with van der Waals surface area (Å²) in [7, 11) is 3.16. The van der Waals surface area contributed by atoms with Crippen molar-refractivity contribution in [1.82, 2.24) is 14.6 Å². The Kier molecular flexibility index (Phi) is 2.90. The maximum absolute atomic E-state index is 6.09. The first-order valence-corrected chi connectivity index (χ1v) is 6.06. The van der Waals surface area contributed by atoms with Gasteiger partial charge >= 0.3 is 0 Å². The van der Waals surface area contributed by atoms with Crippen LogP contribution >= 0.6 is 0 Å². The van der Waals surface area contributed by atoms with E-state index in [1.165, 1.54) is 0 Å². The van der Waals surface area contributed by atoms with Gasteiger partial charge in [-0.1, -0.05) is 6.07 Å². The van der Waals surface area contributed by atoms with Crippen molar-refractivity contribution in [2.45, 2.75) is 0 Å². The Morgan fingerprint density at radius 3 is 2.55 bits per heavy atom. The summed E-state index contributed by atoms with van der Waals surface area (Å²) in [5, 5.41) is 8.31. The fourth-order valence-corrected chi connectivity index (χ4v) is 2.11. The Labute approximate surface area is 115 Å². The van der Waals surface area contributed by atoms with Gasteiger partial charge in [-0.2, -0.15) is 0 Å². The molecule has 0 aliphatic carbocycles. The predicted octanol–water partition coefficient (Wildman–Crippen LogP) is 2.00. The molecule has 0 spiro atoms. The van der Waals surface area contributed by atoms with Gasteiger partial charge in [0.15, 0.2) is 23.0 Å². The van der Waals surface area contributed by atoms with Crippen molar-refractivity contribution < 1.29 is 9.47 Å². The van der Waals surface area contributed by atoms with Crippen LogP contribution in [0.25, 0.3) is 17.0 Å². The molecule has 1 aromatic carbocycles. The largest absolute Gasteiger partial charge is 0.493 e. The molecule has 2 N–H and O–H groups in total. The Morgan fingerprint density at radius 1 is 1.05 bits per heavy atom. The maximum atomic E-state index is 6.09. The van der Waals surface area contributed by atoms with Crippen LogP contribution in [0.1, 0.15) is 0 Å². The molecule has 0 fully saturated rings. The van der Waals surface area contributed by atoms with Crippen molar-refractivity contribution in [1.29, 1.82) is 0 Å². The van der Waals surface area contributed by atoms with Gasteiger partial charge < -0.3 is 15.2 Å². The Hall–Kier alpha value is -2.76. The van der Waals surface area contributed by atoms with Gasteiger partial charge in [0.2, 0.25) is 0 Å². The number of rotatable bonds is 3. The summed E-state index contributed by atoms with van der Waals surface area (Å²) in [6, 6.07) is 9.23. The van der Waals surface area contributed by atoms with Crippen molar-refractivity contribution >= 4 is 11.3 Å². The Morgan fingerprint density at radius 2 is 1.80 bits per heavy atom. The van der Waals surface area contributed by atoms with Gasteiger partial charge in [0.25, 0.3) is 0 Å². The number of anilines is 1. The molecule has 3 aromatic rings. The zero-order chi connectivity index (χ0) is 14.1. The number of ether oxygens (including phenoxy) is 2. The number of nitrogen functional groups attached to an aromatic ring is 1. The number of methoxy groups -OCH3 is 2. The van der Waals surface area contributed by atoms with Crippen LogP contribution < -0.4 is 15.2 Å². The van der Waals surface area contributed by atoms with Crippen molar-refractivity contribution in [3.05, 3.63) is 36.5 Å². The van der Waals surface area contributed by atoms with Crippen LogP contribution in [0, 0.1) is 0 Å². The molecule has 0 amide bonds. The molecule has 0 unspecified atom stereocenters. The Bertz CT molecular complexity index is 767. The lowest BCUT2D eigenvalue weighted by Crippen LogP contribution is -1.98. The van der Waals surface area contributed by atoms with Gasteiger partial charge in [-0.3, -0.25) is 4.40 Å². The van der Waals surface area contributed by atoms with Crippen molar-refractivity contribution in [3.63, 3.8) is 0 Å². The zero-order valence-corrected chi connectivity index (χ0v) is 11.2. The third-order valence-electron chi connectivity index (χ3n) is 3.11. The second-order valence-corrected chi connectivity index (χ2v) is 4.25. The topological polar surface area (TPSA) is 74.7 Å². The van der Waals surface area contributed by atoms with Gasteiger partial charge in [-0.15, -0.1) is 10.2 Å². The molecule has 0 saturated heterocycles. The highest BCUT2D eigenvalue weighted by atomic mass is 16.5. The highest BCUT2D eigenvalue weighted by Crippen LogP contribution is 2.36. The Balaban J connectivity index is 2.24. The monoisotopic (exact) mass is 270 g/mol. The number of hydrogen-bond donors (Lipinski definition) is 1. The zero-order valence-electron chi connectivity index (χ0n) is 11.2. The minimum atomic E-state index is 0.556. The number of pyridine rings is 1. The molecule has 102 valence electrons. The molecule has 0 radical (unpaired) electrons. The number of nitrogens with zero attached hydrogens (tertiary/aromatic N) is 3. The molecular weight excluding hydrogens is 256 g/mol. The first-order chi connectivity index (χ1) is 9.74. The first-order valence-electron chi connectivity index (χ1n) is 6.06. The van der Waals surface area contributed by atoms with E-state index in [1.807, 2.05) is 28.8 Å². The van der Waals surface area contributed by atoms with E-state index in [0.29, 0.717) is 23.0 Å². The summed E-state index contributed by atoms with van der Waals surface area (Å²) in [6.45, 7) is 0. The maximum Gasteiger partial charge on any atom is 0.170 e. The van der Waals surface area contributed by atoms with Crippen molar-refractivity contribution in [3.8, 4) is 22.9 Å². The summed E-state index contributed by atoms with van der Waals surface area (Å²) >= 11 is 0. The second kappa shape index (κ2) is 4.73. The second-order valence-electron chi connectivity index (χ2n) is 4.25. The van der Waals surface area contributed by atoms with E-state index in [9.17, 15) is 0 Å². The SMILES string of the molecule is COc1cc(N)c(-c2nnc3ccccn23)cc1OC. The summed E-state index contributed by atoms with van der Waals surface area (Å²) in [6.07, 6.45) is 1.89. The van der Waals surface area contributed by atoms with E-state index < -0.39 is 0 Å². The highest BCUT2D eigenvalue weighted by molar-refractivity contribution is 5.77. The van der Waals surface area contributed by atoms with Crippen LogP contribution in [0.4, 0.5) is 5.69 Å². The van der Waals surface area contributed by atoms with E-state index in [-0.39, 0.29) is 0 Å². The van der Waals surface area contributed by atoms with E-state index in [1.54, 1.807) is 26.4 Å². The quantitative estimate of drug-likeness (QED) is 0.737. The summed E-state index contributed by atoms with van der Waals surface area (Å²) in [5.41, 5.74) is 8.15. The summed E-state index contributed by atoms with van der Waals surface area (Å²) in [4.78, 5) is 0. The molecule has 0 saturated carbocycles. The van der Waals surface area contributed by atoms with Crippen LogP contribution in [0.3, 0.4) is 0 Å². The van der Waals surface area contributed by atoms with Crippen LogP contribution in [-0.2, 0) is 0 Å². The molecule has 2 aromatic heterocycles. The van der Waals surface area contributed by atoms with Gasteiger partial charge in [-0.25, -0.2) is 0 Å². The molecule has 0 aliphatic heterocycles. The summed E-state index contributed by atoms with van der Waals surface area (Å²) < 4.78 is 12.4. The van der Waals surface area contributed by atoms with Gasteiger partial charge in [0.05, 0.1) is 14.2 Å². The molecule has 0 atom stereocenters. The van der Waals surface area contributed by atoms with Crippen LogP contribution in [0.5, 0.6) is 11.5 Å². The van der Waals surface area contributed by atoms with Crippen molar-refractivity contribution in [2.24, 2.45) is 0 Å². The first kappa shape index (κ1) is 12.3. The third-order valence-corrected chi connectivity index (χ3v) is 3.11. The number of aromatic nitrogens is 3. The number of fused-ring (bicyclic) bond motifs is 1. The molecule has 0 bridgehead atoms. The minimum Gasteiger partial charge on any atom is -0.493 e. The predicted molar refractivity (Wildman–Crippen MR) is 75.9 cm³/mol. The number of hydrogen-bond acceptors (Lipinski definition) is 5.